The largest absolute Gasteiger partial charge is 0.448 e. The third-order valence-electron chi connectivity index (χ3n) is 5.12. The molecule has 1 heterocycles. The standard InChI is InChI=1S/C24H23N3O4/c1-15(28)18-7-6-8-19(13-18)25-23(29)16(2)31-24(30)22-14-21(17-11-12-17)26-27(22)20-9-4-3-5-10-20/h3-10,13-14,16-17H,11-12H2,1-2H3,(H,25,29)/t16-/m0/s1. The van der Waals surface area contributed by atoms with E-state index in [4.69, 9.17) is 4.74 Å². The number of carbonyl (C=O) groups is 3. The Morgan fingerprint density at radius 1 is 1.06 bits per heavy atom. The van der Waals surface area contributed by atoms with Crippen molar-refractivity contribution in [1.82, 2.24) is 9.78 Å². The van der Waals surface area contributed by atoms with Crippen LogP contribution in [0.1, 0.15) is 59.1 Å². The lowest BCUT2D eigenvalue weighted by Gasteiger charge is -2.14. The van der Waals surface area contributed by atoms with Crippen molar-refractivity contribution in [3.8, 4) is 5.69 Å². The SMILES string of the molecule is CC(=O)c1cccc(NC(=O)[C@H](C)OC(=O)c2cc(C3CC3)nn2-c2ccccc2)c1. The topological polar surface area (TPSA) is 90.3 Å². The Kier molecular flexibility index (Phi) is 5.66. The first-order chi connectivity index (χ1) is 14.9. The minimum Gasteiger partial charge on any atom is -0.448 e. The van der Waals surface area contributed by atoms with E-state index in [0.29, 0.717) is 17.2 Å². The number of hydrogen-bond donors (Lipinski definition) is 1. The lowest BCUT2D eigenvalue weighted by atomic mass is 10.1. The molecule has 31 heavy (non-hydrogen) atoms. The van der Waals surface area contributed by atoms with Crippen molar-refractivity contribution >= 4 is 23.3 Å². The Morgan fingerprint density at radius 3 is 2.48 bits per heavy atom. The molecule has 2 aromatic carbocycles. The second kappa shape index (κ2) is 8.55. The fraction of sp³-hybridized carbons (Fsp3) is 0.250. The molecule has 1 atom stereocenters. The molecular weight excluding hydrogens is 394 g/mol. The van der Waals surface area contributed by atoms with Gasteiger partial charge < -0.3 is 10.1 Å². The summed E-state index contributed by atoms with van der Waals surface area (Å²) in [5.41, 5.74) is 2.84. The number of para-hydroxylation sites is 1. The average Bonchev–Trinajstić information content (AvgIpc) is 3.52. The molecule has 1 aromatic heterocycles. The monoisotopic (exact) mass is 417 g/mol. The zero-order chi connectivity index (χ0) is 22.0. The van der Waals surface area contributed by atoms with E-state index in [-0.39, 0.29) is 11.5 Å². The first kappa shape index (κ1) is 20.5. The number of nitrogens with zero attached hydrogens (tertiary/aromatic N) is 2. The number of Topliss-reactive ketones (excluding diaryl/α,β-unsaturated/α-hetero) is 1. The van der Waals surface area contributed by atoms with Gasteiger partial charge >= 0.3 is 5.97 Å². The molecule has 0 spiro atoms. The predicted molar refractivity (Wildman–Crippen MR) is 115 cm³/mol. The first-order valence-corrected chi connectivity index (χ1v) is 10.2. The molecule has 1 amide bonds. The Hall–Kier alpha value is -3.74. The Labute approximate surface area is 180 Å². The molecule has 1 saturated carbocycles. The van der Waals surface area contributed by atoms with Crippen LogP contribution >= 0.6 is 0 Å². The lowest BCUT2D eigenvalue weighted by Crippen LogP contribution is -2.30. The van der Waals surface area contributed by atoms with Gasteiger partial charge in [-0.3, -0.25) is 9.59 Å². The molecule has 1 aliphatic carbocycles. The second-order valence-corrected chi connectivity index (χ2v) is 7.65. The van der Waals surface area contributed by atoms with E-state index in [2.05, 4.69) is 10.4 Å². The first-order valence-electron chi connectivity index (χ1n) is 10.2. The molecule has 1 N–H and O–H groups in total. The molecule has 0 bridgehead atoms. The van der Waals surface area contributed by atoms with Gasteiger partial charge in [0.1, 0.15) is 0 Å². The summed E-state index contributed by atoms with van der Waals surface area (Å²) in [6, 6.07) is 17.7. The van der Waals surface area contributed by atoms with Crippen molar-refractivity contribution in [2.75, 3.05) is 5.32 Å². The van der Waals surface area contributed by atoms with Crippen LogP contribution in [-0.2, 0) is 9.53 Å². The number of hydrogen-bond acceptors (Lipinski definition) is 5. The van der Waals surface area contributed by atoms with Gasteiger partial charge in [-0.25, -0.2) is 9.48 Å². The molecule has 0 unspecified atom stereocenters. The zero-order valence-electron chi connectivity index (χ0n) is 17.4. The minimum atomic E-state index is -1.03. The van der Waals surface area contributed by atoms with E-state index in [1.54, 1.807) is 35.0 Å². The van der Waals surface area contributed by atoms with E-state index in [1.807, 2.05) is 30.3 Å². The van der Waals surface area contributed by atoms with Gasteiger partial charge in [-0.1, -0.05) is 30.3 Å². The summed E-state index contributed by atoms with van der Waals surface area (Å²) in [6.45, 7) is 2.96. The maximum Gasteiger partial charge on any atom is 0.357 e. The van der Waals surface area contributed by atoms with Crippen LogP contribution in [0.5, 0.6) is 0 Å². The van der Waals surface area contributed by atoms with Crippen molar-refractivity contribution in [1.29, 1.82) is 0 Å². The summed E-state index contributed by atoms with van der Waals surface area (Å²) >= 11 is 0. The number of benzene rings is 2. The van der Waals surface area contributed by atoms with E-state index in [1.165, 1.54) is 13.8 Å². The number of ether oxygens (including phenoxy) is 1. The summed E-state index contributed by atoms with van der Waals surface area (Å²) in [7, 11) is 0. The van der Waals surface area contributed by atoms with Crippen LogP contribution in [-0.4, -0.2) is 33.5 Å². The predicted octanol–water partition coefficient (Wildman–Crippen LogP) is 4.14. The van der Waals surface area contributed by atoms with Crippen molar-refractivity contribution < 1.29 is 19.1 Å². The third kappa shape index (κ3) is 4.71. The van der Waals surface area contributed by atoms with Crippen molar-refractivity contribution in [2.24, 2.45) is 0 Å². The number of nitrogens with one attached hydrogen (secondary N) is 1. The molecule has 0 aliphatic heterocycles. The number of amides is 1. The fourth-order valence-corrected chi connectivity index (χ4v) is 3.22. The zero-order valence-corrected chi connectivity index (χ0v) is 17.4. The molecule has 3 aromatic rings. The van der Waals surface area contributed by atoms with Crippen LogP contribution in [0.4, 0.5) is 5.69 Å². The van der Waals surface area contributed by atoms with Crippen LogP contribution in [0.3, 0.4) is 0 Å². The second-order valence-electron chi connectivity index (χ2n) is 7.65. The quantitative estimate of drug-likeness (QED) is 0.461. The Morgan fingerprint density at radius 2 is 1.81 bits per heavy atom. The van der Waals surface area contributed by atoms with Gasteiger partial charge in [-0.05, 0) is 57.0 Å². The number of rotatable bonds is 7. The average molecular weight is 417 g/mol. The van der Waals surface area contributed by atoms with Crippen molar-refractivity contribution in [2.45, 2.75) is 38.7 Å². The highest BCUT2D eigenvalue weighted by molar-refractivity contribution is 5.99. The van der Waals surface area contributed by atoms with Gasteiger partial charge in [-0.2, -0.15) is 5.10 Å². The minimum absolute atomic E-state index is 0.101. The van der Waals surface area contributed by atoms with Crippen molar-refractivity contribution in [3.63, 3.8) is 0 Å². The molecule has 4 rings (SSSR count). The number of esters is 1. The van der Waals surface area contributed by atoms with Crippen LogP contribution < -0.4 is 5.32 Å². The third-order valence-corrected chi connectivity index (χ3v) is 5.12. The summed E-state index contributed by atoms with van der Waals surface area (Å²) in [6.07, 6.45) is 1.08. The van der Waals surface area contributed by atoms with Crippen molar-refractivity contribution in [3.05, 3.63) is 77.6 Å². The van der Waals surface area contributed by atoms with Crippen LogP contribution in [0.15, 0.2) is 60.7 Å². The van der Waals surface area contributed by atoms with Gasteiger partial charge in [0.15, 0.2) is 17.6 Å². The molecule has 7 heteroatoms. The number of aromatic nitrogens is 2. The maximum absolute atomic E-state index is 12.9. The molecule has 1 aliphatic rings. The van der Waals surface area contributed by atoms with Crippen LogP contribution in [0.2, 0.25) is 0 Å². The van der Waals surface area contributed by atoms with Gasteiger partial charge in [0.2, 0.25) is 0 Å². The molecule has 0 radical (unpaired) electrons. The molecular formula is C24H23N3O4. The molecule has 1 fully saturated rings. The molecule has 7 nitrogen and oxygen atoms in total. The Bertz CT molecular complexity index is 1130. The van der Waals surface area contributed by atoms with Gasteiger partial charge in [-0.15, -0.1) is 0 Å². The van der Waals surface area contributed by atoms with Gasteiger partial charge in [0.05, 0.1) is 11.4 Å². The van der Waals surface area contributed by atoms with E-state index < -0.39 is 18.0 Å². The molecule has 158 valence electrons. The highest BCUT2D eigenvalue weighted by Gasteiger charge is 2.30. The summed E-state index contributed by atoms with van der Waals surface area (Å²) in [4.78, 5) is 37.0. The summed E-state index contributed by atoms with van der Waals surface area (Å²) < 4.78 is 7.01. The highest BCUT2D eigenvalue weighted by atomic mass is 16.5. The van der Waals surface area contributed by atoms with Gasteiger partial charge in [0.25, 0.3) is 5.91 Å². The Balaban J connectivity index is 1.49. The lowest BCUT2D eigenvalue weighted by molar-refractivity contribution is -0.123. The van der Waals surface area contributed by atoms with E-state index >= 15 is 0 Å². The van der Waals surface area contributed by atoms with E-state index in [0.717, 1.165) is 24.2 Å². The number of ketones is 1. The fourth-order valence-electron chi connectivity index (χ4n) is 3.22. The molecule has 0 saturated heterocycles. The smallest absolute Gasteiger partial charge is 0.357 e. The van der Waals surface area contributed by atoms with Crippen LogP contribution in [0, 0.1) is 0 Å². The van der Waals surface area contributed by atoms with Crippen LogP contribution in [0.25, 0.3) is 5.69 Å². The normalized spacial score (nSPS) is 14.0. The number of carbonyl (C=O) groups excluding carboxylic acids is 3. The highest BCUT2D eigenvalue weighted by Crippen LogP contribution is 2.39. The summed E-state index contributed by atoms with van der Waals surface area (Å²) in [5.74, 6) is -0.840. The maximum atomic E-state index is 12.9. The number of anilines is 1. The van der Waals surface area contributed by atoms with E-state index in [9.17, 15) is 14.4 Å². The summed E-state index contributed by atoms with van der Waals surface area (Å²) in [5, 5.41) is 7.28. The van der Waals surface area contributed by atoms with Gasteiger partial charge in [0, 0.05) is 17.2 Å².